The van der Waals surface area contributed by atoms with Crippen molar-refractivity contribution in [1.82, 2.24) is 4.57 Å². The zero-order valence-corrected chi connectivity index (χ0v) is 16.9. The van der Waals surface area contributed by atoms with Crippen molar-refractivity contribution in [2.45, 2.75) is 38.9 Å². The molecule has 1 aliphatic rings. The summed E-state index contributed by atoms with van der Waals surface area (Å²) in [5.41, 5.74) is 6.44. The van der Waals surface area contributed by atoms with E-state index in [1.807, 2.05) is 33.8 Å². The molecule has 29 heavy (non-hydrogen) atoms. The number of hydrogen-bond acceptors (Lipinski definition) is 7. The largest absolute Gasteiger partial charge is 0.494 e. The van der Waals surface area contributed by atoms with E-state index in [1.54, 1.807) is 18.2 Å². The van der Waals surface area contributed by atoms with Gasteiger partial charge in [0, 0.05) is 11.9 Å². The fraction of sp³-hybridized carbons (Fsp3) is 0.350. The number of rotatable bonds is 3. The minimum atomic E-state index is -0.697. The van der Waals surface area contributed by atoms with Crippen molar-refractivity contribution >= 4 is 24.2 Å². The van der Waals surface area contributed by atoms with Crippen LogP contribution in [0.1, 0.15) is 49.3 Å². The summed E-state index contributed by atoms with van der Waals surface area (Å²) in [6.07, 6.45) is 1.44. The predicted molar refractivity (Wildman–Crippen MR) is 107 cm³/mol. The first-order chi connectivity index (χ1) is 13.5. The lowest BCUT2D eigenvalue weighted by Gasteiger charge is -2.32. The number of nitriles is 2. The molecule has 1 aromatic carbocycles. The van der Waals surface area contributed by atoms with Gasteiger partial charge in [0.15, 0.2) is 5.69 Å². The Morgan fingerprint density at radius 3 is 2.28 bits per heavy atom. The van der Waals surface area contributed by atoms with Gasteiger partial charge >= 0.3 is 13.1 Å². The topological polar surface area (TPSA) is 123 Å². The Morgan fingerprint density at radius 1 is 1.14 bits per heavy atom. The van der Waals surface area contributed by atoms with Crippen molar-refractivity contribution in [2.75, 3.05) is 12.8 Å². The molecule has 1 fully saturated rings. The Hall–Kier alpha value is -3.27. The number of carbonyl (C=O) groups excluding carboxylic acids is 1. The molecular formula is C20H21BN4O4. The van der Waals surface area contributed by atoms with Crippen molar-refractivity contribution in [3.05, 3.63) is 41.2 Å². The maximum absolute atomic E-state index is 12.3. The van der Waals surface area contributed by atoms with Crippen molar-refractivity contribution in [1.29, 1.82) is 10.5 Å². The van der Waals surface area contributed by atoms with E-state index in [0.29, 0.717) is 16.7 Å². The first kappa shape index (κ1) is 20.5. The van der Waals surface area contributed by atoms with Crippen LogP contribution in [0.3, 0.4) is 0 Å². The molecule has 0 spiro atoms. The molecule has 0 saturated carbocycles. The van der Waals surface area contributed by atoms with Gasteiger partial charge in [-0.05, 0) is 51.4 Å². The number of aromatic nitrogens is 1. The maximum atomic E-state index is 12.3. The molecule has 2 N–H and O–H groups in total. The first-order valence-corrected chi connectivity index (χ1v) is 8.95. The van der Waals surface area contributed by atoms with Gasteiger partial charge in [0.05, 0.1) is 41.2 Å². The number of anilines is 1. The standard InChI is InChI=1S/C20H21BN4O4/c1-19(2)20(3,4)29-21(28-19)14-6-12(9-22)7-15(8-14)25-11-13(10-23)16(24)17(25)18(26)27-5/h6-8,11H,24H2,1-5H3. The Labute approximate surface area is 169 Å². The van der Waals surface area contributed by atoms with Crippen LogP contribution < -0.4 is 11.2 Å². The molecule has 0 bridgehead atoms. The van der Waals surface area contributed by atoms with E-state index in [1.165, 1.54) is 17.9 Å². The summed E-state index contributed by atoms with van der Waals surface area (Å²) in [6.45, 7) is 7.74. The Bertz CT molecular complexity index is 1060. The molecule has 3 rings (SSSR count). The number of benzene rings is 1. The molecule has 0 unspecified atom stereocenters. The zero-order valence-electron chi connectivity index (χ0n) is 16.9. The van der Waals surface area contributed by atoms with Crippen LogP contribution in [-0.4, -0.2) is 36.0 Å². The quantitative estimate of drug-likeness (QED) is 0.625. The highest BCUT2D eigenvalue weighted by molar-refractivity contribution is 6.62. The van der Waals surface area contributed by atoms with Crippen LogP contribution >= 0.6 is 0 Å². The van der Waals surface area contributed by atoms with Gasteiger partial charge < -0.3 is 24.3 Å². The monoisotopic (exact) mass is 392 g/mol. The molecule has 0 atom stereocenters. The second kappa shape index (κ2) is 6.96. The van der Waals surface area contributed by atoms with Crippen LogP contribution in [0.4, 0.5) is 5.69 Å². The van der Waals surface area contributed by atoms with Crippen molar-refractivity contribution in [3.8, 4) is 17.8 Å². The molecular weight excluding hydrogens is 371 g/mol. The van der Waals surface area contributed by atoms with Gasteiger partial charge in [-0.25, -0.2) is 4.79 Å². The zero-order chi connectivity index (χ0) is 21.6. The van der Waals surface area contributed by atoms with E-state index < -0.39 is 24.3 Å². The molecule has 148 valence electrons. The maximum Gasteiger partial charge on any atom is 0.494 e. The molecule has 1 aromatic heterocycles. The second-order valence-corrected chi connectivity index (χ2v) is 7.79. The lowest BCUT2D eigenvalue weighted by atomic mass is 9.78. The summed E-state index contributed by atoms with van der Waals surface area (Å²) in [5, 5.41) is 18.8. The smallest absolute Gasteiger partial charge is 0.464 e. The van der Waals surface area contributed by atoms with Gasteiger partial charge in [-0.2, -0.15) is 10.5 Å². The Kier molecular flexibility index (Phi) is 4.91. The van der Waals surface area contributed by atoms with Crippen LogP contribution in [-0.2, 0) is 14.0 Å². The number of nitrogens with zero attached hydrogens (tertiary/aromatic N) is 3. The highest BCUT2D eigenvalue weighted by Gasteiger charge is 2.51. The minimum absolute atomic E-state index is 0.0129. The normalized spacial score (nSPS) is 16.9. The molecule has 9 heteroatoms. The van der Waals surface area contributed by atoms with Gasteiger partial charge in [0.1, 0.15) is 6.07 Å². The minimum Gasteiger partial charge on any atom is -0.464 e. The van der Waals surface area contributed by atoms with Crippen molar-refractivity contribution in [2.24, 2.45) is 0 Å². The fourth-order valence-corrected chi connectivity index (χ4v) is 3.07. The Balaban J connectivity index is 2.17. The summed E-state index contributed by atoms with van der Waals surface area (Å²) in [4.78, 5) is 12.3. The third-order valence-electron chi connectivity index (χ3n) is 5.42. The number of ether oxygens (including phenoxy) is 1. The lowest BCUT2D eigenvalue weighted by Crippen LogP contribution is -2.41. The van der Waals surface area contributed by atoms with Crippen LogP contribution in [0, 0.1) is 22.7 Å². The van der Waals surface area contributed by atoms with E-state index in [2.05, 4.69) is 6.07 Å². The van der Waals surface area contributed by atoms with Gasteiger partial charge in [0.25, 0.3) is 0 Å². The van der Waals surface area contributed by atoms with E-state index in [4.69, 9.17) is 19.8 Å². The van der Waals surface area contributed by atoms with Crippen LogP contribution in [0.25, 0.3) is 5.69 Å². The lowest BCUT2D eigenvalue weighted by molar-refractivity contribution is 0.00578. The fourth-order valence-electron chi connectivity index (χ4n) is 3.07. The van der Waals surface area contributed by atoms with Gasteiger partial charge in [0.2, 0.25) is 0 Å². The third kappa shape index (κ3) is 3.35. The molecule has 0 aliphatic carbocycles. The van der Waals surface area contributed by atoms with E-state index in [-0.39, 0.29) is 16.9 Å². The van der Waals surface area contributed by atoms with E-state index in [9.17, 15) is 15.3 Å². The average molecular weight is 392 g/mol. The number of nitrogens with two attached hydrogens (primary N) is 1. The third-order valence-corrected chi connectivity index (χ3v) is 5.42. The molecule has 2 heterocycles. The van der Waals surface area contributed by atoms with Crippen LogP contribution in [0.15, 0.2) is 24.4 Å². The number of hydrogen-bond donors (Lipinski definition) is 1. The molecule has 0 radical (unpaired) electrons. The number of methoxy groups -OCH3 is 1. The molecule has 1 aliphatic heterocycles. The summed E-state index contributed by atoms with van der Waals surface area (Å²) in [6, 6.07) is 9.05. The average Bonchev–Trinajstić information content (AvgIpc) is 3.13. The first-order valence-electron chi connectivity index (χ1n) is 8.95. The Morgan fingerprint density at radius 2 is 1.76 bits per heavy atom. The molecule has 0 amide bonds. The highest BCUT2D eigenvalue weighted by atomic mass is 16.7. The molecule has 8 nitrogen and oxygen atoms in total. The summed E-state index contributed by atoms with van der Waals surface area (Å²) in [5.74, 6) is -0.691. The number of carbonyl (C=O) groups is 1. The van der Waals surface area contributed by atoms with Crippen molar-refractivity contribution in [3.63, 3.8) is 0 Å². The molecule has 2 aromatic rings. The summed E-state index contributed by atoms with van der Waals surface area (Å²) in [7, 11) is 0.532. The second-order valence-electron chi connectivity index (χ2n) is 7.79. The molecule has 1 saturated heterocycles. The SMILES string of the molecule is COC(=O)c1c(N)c(C#N)cn1-c1cc(C#N)cc(B2OC(C)(C)C(C)(C)O2)c1. The van der Waals surface area contributed by atoms with Crippen LogP contribution in [0.2, 0.25) is 0 Å². The summed E-state index contributed by atoms with van der Waals surface area (Å²) >= 11 is 0. The van der Waals surface area contributed by atoms with Gasteiger partial charge in [-0.15, -0.1) is 0 Å². The van der Waals surface area contributed by atoms with Gasteiger partial charge in [-0.3, -0.25) is 0 Å². The number of nitrogen functional groups attached to an aromatic ring is 1. The number of esters is 1. The van der Waals surface area contributed by atoms with E-state index in [0.717, 1.165) is 0 Å². The van der Waals surface area contributed by atoms with Crippen LogP contribution in [0.5, 0.6) is 0 Å². The summed E-state index contributed by atoms with van der Waals surface area (Å²) < 4.78 is 18.4. The van der Waals surface area contributed by atoms with E-state index >= 15 is 0 Å². The van der Waals surface area contributed by atoms with Gasteiger partial charge in [-0.1, -0.05) is 0 Å². The predicted octanol–water partition coefficient (Wildman–Crippen LogP) is 1.89. The van der Waals surface area contributed by atoms with Crippen molar-refractivity contribution < 1.29 is 18.8 Å². The highest BCUT2D eigenvalue weighted by Crippen LogP contribution is 2.36.